The highest BCUT2D eigenvalue weighted by Crippen LogP contribution is 2.49. The summed E-state index contributed by atoms with van der Waals surface area (Å²) in [4.78, 5) is 4.38. The average Bonchev–Trinajstić information content (AvgIpc) is 2.28. The highest BCUT2D eigenvalue weighted by Gasteiger charge is 2.46. The van der Waals surface area contributed by atoms with Gasteiger partial charge in [0.1, 0.15) is 6.10 Å². The van der Waals surface area contributed by atoms with Gasteiger partial charge in [0.05, 0.1) is 0 Å². The van der Waals surface area contributed by atoms with Crippen molar-refractivity contribution in [2.75, 3.05) is 13.2 Å². The fourth-order valence-electron chi connectivity index (χ4n) is 2.96. The number of rotatable bonds is 2. The molecule has 1 aliphatic carbocycles. The Kier molecular flexibility index (Phi) is 2.79. The van der Waals surface area contributed by atoms with E-state index >= 15 is 0 Å². The summed E-state index contributed by atoms with van der Waals surface area (Å²) in [5.41, 5.74) is 1.54. The second-order valence-corrected chi connectivity index (χ2v) is 5.38. The van der Waals surface area contributed by atoms with Crippen LogP contribution < -0.4 is 4.74 Å². The highest BCUT2D eigenvalue weighted by molar-refractivity contribution is 5.15. The summed E-state index contributed by atoms with van der Waals surface area (Å²) in [6.07, 6.45) is 5.11. The van der Waals surface area contributed by atoms with Crippen LogP contribution in [0, 0.1) is 12.3 Å². The molecule has 2 aliphatic rings. The molecular weight excluding hydrogens is 214 g/mol. The van der Waals surface area contributed by atoms with Gasteiger partial charge in [0.15, 0.2) is 0 Å². The third kappa shape index (κ3) is 2.29. The lowest BCUT2D eigenvalue weighted by Gasteiger charge is -2.49. The number of aromatic nitrogens is 1. The van der Waals surface area contributed by atoms with Gasteiger partial charge in [0, 0.05) is 25.0 Å². The molecule has 0 aromatic carbocycles. The van der Waals surface area contributed by atoms with E-state index in [1.54, 1.807) is 0 Å². The number of aryl methyl sites for hydroxylation is 1. The quantitative estimate of drug-likeness (QED) is 0.787. The lowest BCUT2D eigenvalue weighted by atomic mass is 9.62. The molecule has 1 spiro atoms. The summed E-state index contributed by atoms with van der Waals surface area (Å²) in [7, 11) is 0. The largest absolute Gasteiger partial charge is 0.474 e. The smallest absolute Gasteiger partial charge is 0.213 e. The maximum Gasteiger partial charge on any atom is 0.213 e. The second kappa shape index (κ2) is 4.30. The first kappa shape index (κ1) is 11.0. The van der Waals surface area contributed by atoms with Crippen LogP contribution in [0.4, 0.5) is 0 Å². The van der Waals surface area contributed by atoms with Gasteiger partial charge < -0.3 is 9.47 Å². The van der Waals surface area contributed by atoms with E-state index < -0.39 is 0 Å². The summed E-state index contributed by atoms with van der Waals surface area (Å²) in [5, 5.41) is 0. The van der Waals surface area contributed by atoms with Crippen molar-refractivity contribution in [1.82, 2.24) is 4.98 Å². The molecule has 3 heteroatoms. The van der Waals surface area contributed by atoms with E-state index in [-0.39, 0.29) is 0 Å². The van der Waals surface area contributed by atoms with Gasteiger partial charge in [-0.3, -0.25) is 0 Å². The minimum absolute atomic E-state index is 0.363. The normalized spacial score (nSPS) is 23.4. The van der Waals surface area contributed by atoms with E-state index in [2.05, 4.69) is 4.98 Å². The SMILES string of the molecule is Cc1cccc(OC2CC3(CCOCC3)C2)n1. The molecule has 1 aliphatic heterocycles. The second-order valence-electron chi connectivity index (χ2n) is 5.38. The van der Waals surface area contributed by atoms with Crippen molar-refractivity contribution >= 4 is 0 Å². The van der Waals surface area contributed by atoms with Crippen molar-refractivity contribution in [3.63, 3.8) is 0 Å². The first-order chi connectivity index (χ1) is 8.26. The molecule has 1 saturated heterocycles. The van der Waals surface area contributed by atoms with E-state index in [4.69, 9.17) is 9.47 Å². The van der Waals surface area contributed by atoms with Crippen molar-refractivity contribution in [2.24, 2.45) is 5.41 Å². The fraction of sp³-hybridized carbons (Fsp3) is 0.643. The average molecular weight is 233 g/mol. The van der Waals surface area contributed by atoms with E-state index in [0.717, 1.165) is 24.8 Å². The Labute approximate surface area is 102 Å². The monoisotopic (exact) mass is 233 g/mol. The Morgan fingerprint density at radius 2 is 2.06 bits per heavy atom. The van der Waals surface area contributed by atoms with Gasteiger partial charge >= 0.3 is 0 Å². The third-order valence-electron chi connectivity index (χ3n) is 4.03. The van der Waals surface area contributed by atoms with Gasteiger partial charge in [0.25, 0.3) is 0 Å². The molecule has 0 atom stereocenters. The van der Waals surface area contributed by atoms with E-state index in [1.807, 2.05) is 25.1 Å². The minimum Gasteiger partial charge on any atom is -0.474 e. The maximum atomic E-state index is 5.91. The van der Waals surface area contributed by atoms with Gasteiger partial charge in [-0.05, 0) is 44.1 Å². The third-order valence-corrected chi connectivity index (χ3v) is 4.03. The molecule has 1 aromatic rings. The van der Waals surface area contributed by atoms with Gasteiger partial charge in [-0.1, -0.05) is 6.07 Å². The molecular formula is C14H19NO2. The molecule has 3 nitrogen and oxygen atoms in total. The first-order valence-corrected chi connectivity index (χ1v) is 6.44. The van der Waals surface area contributed by atoms with Crippen LogP contribution in [-0.2, 0) is 4.74 Å². The van der Waals surface area contributed by atoms with Gasteiger partial charge in [-0.2, -0.15) is 0 Å². The van der Waals surface area contributed by atoms with Crippen LogP contribution in [-0.4, -0.2) is 24.3 Å². The molecule has 3 rings (SSSR count). The van der Waals surface area contributed by atoms with Crippen molar-refractivity contribution in [3.8, 4) is 5.88 Å². The highest BCUT2D eigenvalue weighted by atomic mass is 16.5. The van der Waals surface area contributed by atoms with Crippen LogP contribution in [0.25, 0.3) is 0 Å². The number of ether oxygens (including phenoxy) is 2. The molecule has 0 radical (unpaired) electrons. The van der Waals surface area contributed by atoms with Gasteiger partial charge in [-0.25, -0.2) is 4.98 Å². The Balaban J connectivity index is 1.55. The molecule has 0 unspecified atom stereocenters. The van der Waals surface area contributed by atoms with Crippen LogP contribution in [0.15, 0.2) is 18.2 Å². The lowest BCUT2D eigenvalue weighted by Crippen LogP contribution is -2.47. The molecule has 0 bridgehead atoms. The molecule has 0 N–H and O–H groups in total. The van der Waals surface area contributed by atoms with Crippen molar-refractivity contribution in [1.29, 1.82) is 0 Å². The van der Waals surface area contributed by atoms with Crippen molar-refractivity contribution < 1.29 is 9.47 Å². The van der Waals surface area contributed by atoms with Crippen LogP contribution in [0.3, 0.4) is 0 Å². The molecule has 2 fully saturated rings. The Morgan fingerprint density at radius 3 is 2.76 bits per heavy atom. The standard InChI is InChI=1S/C14H19NO2/c1-11-3-2-4-13(15-11)17-12-9-14(10-12)5-7-16-8-6-14/h2-4,12H,5-10H2,1H3. The summed E-state index contributed by atoms with van der Waals surface area (Å²) in [5.74, 6) is 0.775. The fourth-order valence-corrected chi connectivity index (χ4v) is 2.96. The molecule has 92 valence electrons. The summed E-state index contributed by atoms with van der Waals surface area (Å²) in [6, 6.07) is 5.94. The molecule has 1 saturated carbocycles. The first-order valence-electron chi connectivity index (χ1n) is 6.44. The number of pyridine rings is 1. The molecule has 0 amide bonds. The van der Waals surface area contributed by atoms with Crippen LogP contribution in [0.1, 0.15) is 31.4 Å². The summed E-state index contributed by atoms with van der Waals surface area (Å²) < 4.78 is 11.3. The summed E-state index contributed by atoms with van der Waals surface area (Å²) in [6.45, 7) is 3.85. The van der Waals surface area contributed by atoms with Crippen LogP contribution >= 0.6 is 0 Å². The zero-order valence-electron chi connectivity index (χ0n) is 10.3. The van der Waals surface area contributed by atoms with E-state index in [0.29, 0.717) is 11.5 Å². The Hall–Kier alpha value is -1.09. The number of nitrogens with zero attached hydrogens (tertiary/aromatic N) is 1. The summed E-state index contributed by atoms with van der Waals surface area (Å²) >= 11 is 0. The zero-order valence-corrected chi connectivity index (χ0v) is 10.3. The molecule has 1 aromatic heterocycles. The van der Waals surface area contributed by atoms with Crippen molar-refractivity contribution in [3.05, 3.63) is 23.9 Å². The van der Waals surface area contributed by atoms with E-state index in [9.17, 15) is 0 Å². The van der Waals surface area contributed by atoms with Crippen molar-refractivity contribution in [2.45, 2.75) is 38.7 Å². The number of hydrogen-bond acceptors (Lipinski definition) is 3. The van der Waals surface area contributed by atoms with E-state index in [1.165, 1.54) is 25.7 Å². The molecule has 17 heavy (non-hydrogen) atoms. The zero-order chi connectivity index (χ0) is 11.7. The van der Waals surface area contributed by atoms with Gasteiger partial charge in [-0.15, -0.1) is 0 Å². The maximum absolute atomic E-state index is 5.91. The van der Waals surface area contributed by atoms with Crippen LogP contribution in [0.5, 0.6) is 5.88 Å². The number of hydrogen-bond donors (Lipinski definition) is 0. The minimum atomic E-state index is 0.363. The van der Waals surface area contributed by atoms with Crippen LogP contribution in [0.2, 0.25) is 0 Å². The predicted octanol–water partition coefficient (Wildman–Crippen LogP) is 2.73. The topological polar surface area (TPSA) is 31.4 Å². The lowest BCUT2D eigenvalue weighted by molar-refractivity contribution is -0.0868. The van der Waals surface area contributed by atoms with Gasteiger partial charge in [0.2, 0.25) is 5.88 Å². The Bertz CT molecular complexity index is 391. The Morgan fingerprint density at radius 1 is 1.29 bits per heavy atom. The predicted molar refractivity (Wildman–Crippen MR) is 65.1 cm³/mol. The molecule has 2 heterocycles.